The molecule has 1 aromatic carbocycles. The SMILES string of the molecule is C=O.c1ccc(N2CCCCC2)cc1. The molecule has 0 aliphatic carbocycles. The van der Waals surface area contributed by atoms with Gasteiger partial charge < -0.3 is 9.69 Å². The van der Waals surface area contributed by atoms with Crippen LogP contribution in [0, 0.1) is 0 Å². The summed E-state index contributed by atoms with van der Waals surface area (Å²) in [5.41, 5.74) is 1.39. The van der Waals surface area contributed by atoms with Crippen LogP contribution < -0.4 is 4.90 Å². The minimum absolute atomic E-state index is 1.24. The van der Waals surface area contributed by atoms with Gasteiger partial charge in [-0.25, -0.2) is 0 Å². The van der Waals surface area contributed by atoms with Gasteiger partial charge in [0, 0.05) is 18.8 Å². The average molecular weight is 191 g/mol. The lowest BCUT2D eigenvalue weighted by Crippen LogP contribution is -2.29. The van der Waals surface area contributed by atoms with Gasteiger partial charge in [0.15, 0.2) is 0 Å². The first-order valence-corrected chi connectivity index (χ1v) is 5.06. The maximum atomic E-state index is 8.00. The lowest BCUT2D eigenvalue weighted by molar-refractivity contribution is -0.0979. The molecule has 76 valence electrons. The quantitative estimate of drug-likeness (QED) is 0.679. The molecule has 0 N–H and O–H groups in total. The summed E-state index contributed by atoms with van der Waals surface area (Å²) in [6.07, 6.45) is 4.12. The molecule has 1 aromatic rings. The standard InChI is InChI=1S/C11H15N.CH2O/c1-3-7-11(8-4-1)12-9-5-2-6-10-12;1-2/h1,3-4,7-8H,2,5-6,9-10H2;1H2. The van der Waals surface area contributed by atoms with Gasteiger partial charge in [-0.1, -0.05) is 18.2 Å². The molecule has 2 heteroatoms. The van der Waals surface area contributed by atoms with Gasteiger partial charge in [-0.05, 0) is 31.4 Å². The molecule has 14 heavy (non-hydrogen) atoms. The molecule has 0 spiro atoms. The first-order chi connectivity index (χ1) is 6.97. The Morgan fingerprint density at radius 3 is 2.07 bits per heavy atom. The van der Waals surface area contributed by atoms with E-state index in [0.29, 0.717) is 0 Å². The van der Waals surface area contributed by atoms with Crippen LogP contribution in [0.4, 0.5) is 5.69 Å². The molecule has 0 unspecified atom stereocenters. The van der Waals surface area contributed by atoms with E-state index in [2.05, 4.69) is 35.2 Å². The minimum atomic E-state index is 1.24. The van der Waals surface area contributed by atoms with Crippen LogP contribution in [0.25, 0.3) is 0 Å². The van der Waals surface area contributed by atoms with E-state index in [1.165, 1.54) is 38.0 Å². The summed E-state index contributed by atoms with van der Waals surface area (Å²) in [5, 5.41) is 0. The Morgan fingerprint density at radius 1 is 0.929 bits per heavy atom. The second-order valence-electron chi connectivity index (χ2n) is 3.38. The predicted molar refractivity (Wildman–Crippen MR) is 59.6 cm³/mol. The Balaban J connectivity index is 0.000000461. The van der Waals surface area contributed by atoms with Gasteiger partial charge in [-0.2, -0.15) is 0 Å². The van der Waals surface area contributed by atoms with Crippen molar-refractivity contribution in [2.45, 2.75) is 19.3 Å². The van der Waals surface area contributed by atoms with Crippen LogP contribution in [0.2, 0.25) is 0 Å². The molecule has 1 heterocycles. The highest BCUT2D eigenvalue weighted by molar-refractivity contribution is 5.46. The van der Waals surface area contributed by atoms with E-state index in [1.54, 1.807) is 0 Å². The van der Waals surface area contributed by atoms with E-state index in [4.69, 9.17) is 4.79 Å². The van der Waals surface area contributed by atoms with Crippen molar-refractivity contribution in [2.75, 3.05) is 18.0 Å². The van der Waals surface area contributed by atoms with Crippen molar-refractivity contribution in [3.8, 4) is 0 Å². The van der Waals surface area contributed by atoms with Crippen LogP contribution in [0.5, 0.6) is 0 Å². The molecule has 1 aliphatic heterocycles. The number of anilines is 1. The second kappa shape index (κ2) is 6.19. The highest BCUT2D eigenvalue weighted by atomic mass is 16.1. The number of carbonyl (C=O) groups excluding carboxylic acids is 1. The molecule has 1 fully saturated rings. The number of hydrogen-bond acceptors (Lipinski definition) is 2. The van der Waals surface area contributed by atoms with Crippen LogP contribution in [0.3, 0.4) is 0 Å². The fourth-order valence-electron chi connectivity index (χ4n) is 1.79. The van der Waals surface area contributed by atoms with Crippen molar-refractivity contribution >= 4 is 12.5 Å². The molecule has 0 saturated carbocycles. The molecule has 0 aromatic heterocycles. The molecule has 0 bridgehead atoms. The summed E-state index contributed by atoms with van der Waals surface area (Å²) >= 11 is 0. The highest BCUT2D eigenvalue weighted by Crippen LogP contribution is 2.18. The summed E-state index contributed by atoms with van der Waals surface area (Å²) in [6.45, 7) is 4.48. The number of para-hydroxylation sites is 1. The fourth-order valence-corrected chi connectivity index (χ4v) is 1.79. The average Bonchev–Trinajstić information content (AvgIpc) is 2.34. The minimum Gasteiger partial charge on any atom is -0.372 e. The highest BCUT2D eigenvalue weighted by Gasteiger charge is 2.09. The third-order valence-corrected chi connectivity index (χ3v) is 2.48. The molecule has 2 rings (SSSR count). The predicted octanol–water partition coefficient (Wildman–Crippen LogP) is 2.49. The van der Waals surface area contributed by atoms with Crippen molar-refractivity contribution in [3.05, 3.63) is 30.3 Å². The van der Waals surface area contributed by atoms with Crippen LogP contribution in [-0.4, -0.2) is 19.9 Å². The van der Waals surface area contributed by atoms with E-state index < -0.39 is 0 Å². The monoisotopic (exact) mass is 191 g/mol. The van der Waals surface area contributed by atoms with Crippen molar-refractivity contribution in [1.29, 1.82) is 0 Å². The maximum Gasteiger partial charge on any atom is 0.106 e. The third kappa shape index (κ3) is 2.87. The van der Waals surface area contributed by atoms with Crippen LogP contribution in [-0.2, 0) is 4.79 Å². The van der Waals surface area contributed by atoms with E-state index in [0.717, 1.165) is 0 Å². The molecular weight excluding hydrogens is 174 g/mol. The smallest absolute Gasteiger partial charge is 0.106 e. The Hall–Kier alpha value is -1.31. The van der Waals surface area contributed by atoms with Gasteiger partial charge in [-0.3, -0.25) is 0 Å². The van der Waals surface area contributed by atoms with E-state index in [1.807, 2.05) is 6.79 Å². The molecule has 2 nitrogen and oxygen atoms in total. The van der Waals surface area contributed by atoms with Gasteiger partial charge in [0.1, 0.15) is 6.79 Å². The largest absolute Gasteiger partial charge is 0.372 e. The lowest BCUT2D eigenvalue weighted by Gasteiger charge is -2.28. The van der Waals surface area contributed by atoms with Crippen molar-refractivity contribution in [1.82, 2.24) is 0 Å². The molecule has 0 atom stereocenters. The van der Waals surface area contributed by atoms with Crippen LogP contribution >= 0.6 is 0 Å². The number of benzene rings is 1. The molecule has 1 saturated heterocycles. The molecule has 1 aliphatic rings. The first kappa shape index (κ1) is 10.8. The van der Waals surface area contributed by atoms with Crippen molar-refractivity contribution < 1.29 is 4.79 Å². The summed E-state index contributed by atoms with van der Waals surface area (Å²) in [5.74, 6) is 0. The molecule has 0 radical (unpaired) electrons. The van der Waals surface area contributed by atoms with Gasteiger partial charge in [-0.15, -0.1) is 0 Å². The zero-order valence-electron chi connectivity index (χ0n) is 8.48. The Kier molecular flexibility index (Phi) is 4.76. The zero-order valence-corrected chi connectivity index (χ0v) is 8.48. The third-order valence-electron chi connectivity index (χ3n) is 2.48. The zero-order chi connectivity index (χ0) is 10.2. The fraction of sp³-hybridized carbons (Fsp3) is 0.417. The van der Waals surface area contributed by atoms with E-state index in [9.17, 15) is 0 Å². The number of nitrogens with zero attached hydrogens (tertiary/aromatic N) is 1. The summed E-state index contributed by atoms with van der Waals surface area (Å²) in [7, 11) is 0. The van der Waals surface area contributed by atoms with Crippen molar-refractivity contribution in [2.24, 2.45) is 0 Å². The van der Waals surface area contributed by atoms with Gasteiger partial charge >= 0.3 is 0 Å². The van der Waals surface area contributed by atoms with E-state index >= 15 is 0 Å². The topological polar surface area (TPSA) is 20.3 Å². The first-order valence-electron chi connectivity index (χ1n) is 5.06. The normalized spacial score (nSPS) is 15.6. The molecular formula is C12H17NO. The van der Waals surface area contributed by atoms with Gasteiger partial charge in [0.2, 0.25) is 0 Å². The number of piperidine rings is 1. The van der Waals surface area contributed by atoms with E-state index in [-0.39, 0.29) is 0 Å². The van der Waals surface area contributed by atoms with Crippen LogP contribution in [0.1, 0.15) is 19.3 Å². The molecule has 0 amide bonds. The second-order valence-corrected chi connectivity index (χ2v) is 3.38. The Bertz CT molecular complexity index is 242. The number of carbonyl (C=O) groups is 1. The Morgan fingerprint density at radius 2 is 1.50 bits per heavy atom. The van der Waals surface area contributed by atoms with Gasteiger partial charge in [0.05, 0.1) is 0 Å². The lowest BCUT2D eigenvalue weighted by atomic mass is 10.1. The summed E-state index contributed by atoms with van der Waals surface area (Å²) < 4.78 is 0. The van der Waals surface area contributed by atoms with Crippen molar-refractivity contribution in [3.63, 3.8) is 0 Å². The number of rotatable bonds is 1. The number of hydrogen-bond donors (Lipinski definition) is 0. The Labute approximate surface area is 85.5 Å². The van der Waals surface area contributed by atoms with Crippen LogP contribution in [0.15, 0.2) is 30.3 Å². The van der Waals surface area contributed by atoms with Gasteiger partial charge in [0.25, 0.3) is 0 Å². The maximum absolute atomic E-state index is 8.00. The summed E-state index contributed by atoms with van der Waals surface area (Å²) in [6, 6.07) is 10.7. The summed E-state index contributed by atoms with van der Waals surface area (Å²) in [4.78, 5) is 10.5.